The van der Waals surface area contributed by atoms with Crippen LogP contribution in [0.2, 0.25) is 0 Å². The lowest BCUT2D eigenvalue weighted by molar-refractivity contribution is 0.0506. The summed E-state index contributed by atoms with van der Waals surface area (Å²) in [6, 6.07) is 1.67. The molecule has 3 nitrogen and oxygen atoms in total. The Hall–Kier alpha value is -0.610. The molecule has 1 aromatic rings. The average molecular weight is 287 g/mol. The largest absolute Gasteiger partial charge is 0.460 e. The summed E-state index contributed by atoms with van der Waals surface area (Å²) in [7, 11) is 0. The van der Waals surface area contributed by atoms with Gasteiger partial charge in [0.05, 0.1) is 10.7 Å². The minimum Gasteiger partial charge on any atom is -0.460 e. The first-order chi connectivity index (χ1) is 7.70. The number of hydrogen-bond acceptors (Lipinski definition) is 3. The summed E-state index contributed by atoms with van der Waals surface area (Å²) in [5.74, 6) is 0.0279. The molecule has 16 heavy (non-hydrogen) atoms. The number of furan rings is 1. The smallest absolute Gasteiger partial charge is 0.227 e. The second-order valence-corrected chi connectivity index (χ2v) is 5.16. The van der Waals surface area contributed by atoms with Crippen molar-refractivity contribution in [1.29, 1.82) is 0 Å². The molecule has 1 atom stereocenters. The van der Waals surface area contributed by atoms with Crippen molar-refractivity contribution >= 4 is 21.7 Å². The second-order valence-electron chi connectivity index (χ2n) is 4.30. The van der Waals surface area contributed by atoms with E-state index in [0.29, 0.717) is 4.47 Å². The van der Waals surface area contributed by atoms with Gasteiger partial charge in [0.15, 0.2) is 5.76 Å². The Kier molecular flexibility index (Phi) is 3.82. The first-order valence-electron chi connectivity index (χ1n) is 5.65. The second kappa shape index (κ2) is 5.15. The number of carbonyl (C=O) groups is 1. The Balaban J connectivity index is 2.06. The van der Waals surface area contributed by atoms with Crippen LogP contribution in [0.25, 0.3) is 0 Å². The van der Waals surface area contributed by atoms with Crippen LogP contribution in [0, 0.1) is 5.92 Å². The van der Waals surface area contributed by atoms with Crippen LogP contribution < -0.4 is 0 Å². The SMILES string of the molecule is O=C(c1occc1Br)C(O)C1CCCCC1. The fourth-order valence-electron chi connectivity index (χ4n) is 2.27. The van der Waals surface area contributed by atoms with E-state index < -0.39 is 6.10 Å². The molecule has 0 bridgehead atoms. The lowest BCUT2D eigenvalue weighted by Gasteiger charge is -2.25. The summed E-state index contributed by atoms with van der Waals surface area (Å²) < 4.78 is 5.70. The standard InChI is InChI=1S/C12H15BrO3/c13-9-6-7-16-12(9)11(15)10(14)8-4-2-1-3-5-8/h6-8,10,14H,1-5H2. The number of halogens is 1. The van der Waals surface area contributed by atoms with E-state index >= 15 is 0 Å². The highest BCUT2D eigenvalue weighted by Crippen LogP contribution is 2.29. The third-order valence-corrected chi connectivity index (χ3v) is 3.83. The van der Waals surface area contributed by atoms with Crippen LogP contribution in [0.4, 0.5) is 0 Å². The molecule has 4 heteroatoms. The zero-order chi connectivity index (χ0) is 11.5. The van der Waals surface area contributed by atoms with Crippen molar-refractivity contribution in [2.45, 2.75) is 38.2 Å². The van der Waals surface area contributed by atoms with Crippen molar-refractivity contribution in [2.75, 3.05) is 0 Å². The third-order valence-electron chi connectivity index (χ3n) is 3.21. The number of hydrogen-bond donors (Lipinski definition) is 1. The van der Waals surface area contributed by atoms with Crippen molar-refractivity contribution in [3.63, 3.8) is 0 Å². The molecular weight excluding hydrogens is 272 g/mol. The van der Waals surface area contributed by atoms with Crippen LogP contribution >= 0.6 is 15.9 Å². The molecule has 0 radical (unpaired) electrons. The highest BCUT2D eigenvalue weighted by molar-refractivity contribution is 9.10. The monoisotopic (exact) mass is 286 g/mol. The number of Topliss-reactive ketones (excluding diaryl/α,β-unsaturated/α-hetero) is 1. The van der Waals surface area contributed by atoms with E-state index in [1.807, 2.05) is 0 Å². The van der Waals surface area contributed by atoms with Crippen LogP contribution in [0.1, 0.15) is 42.7 Å². The molecule has 1 saturated carbocycles. The van der Waals surface area contributed by atoms with Gasteiger partial charge in [-0.15, -0.1) is 0 Å². The van der Waals surface area contributed by atoms with E-state index in [9.17, 15) is 9.90 Å². The van der Waals surface area contributed by atoms with Gasteiger partial charge in [0.2, 0.25) is 5.78 Å². The maximum Gasteiger partial charge on any atom is 0.227 e. The summed E-state index contributed by atoms with van der Waals surface area (Å²) >= 11 is 3.23. The maximum absolute atomic E-state index is 12.0. The van der Waals surface area contributed by atoms with Crippen molar-refractivity contribution in [3.8, 4) is 0 Å². The lowest BCUT2D eigenvalue weighted by atomic mass is 9.83. The number of carbonyl (C=O) groups excluding carboxylic acids is 1. The van der Waals surface area contributed by atoms with Crippen molar-refractivity contribution in [1.82, 2.24) is 0 Å². The topological polar surface area (TPSA) is 50.4 Å². The van der Waals surface area contributed by atoms with E-state index in [-0.39, 0.29) is 17.5 Å². The molecule has 1 heterocycles. The van der Waals surface area contributed by atoms with Gasteiger partial charge in [-0.1, -0.05) is 19.3 Å². The van der Waals surface area contributed by atoms with Gasteiger partial charge in [-0.05, 0) is 40.8 Å². The van der Waals surface area contributed by atoms with Gasteiger partial charge < -0.3 is 9.52 Å². The highest BCUT2D eigenvalue weighted by atomic mass is 79.9. The Bertz CT molecular complexity index is 366. The zero-order valence-corrected chi connectivity index (χ0v) is 10.6. The summed E-state index contributed by atoms with van der Waals surface area (Å²) in [4.78, 5) is 12.0. The van der Waals surface area contributed by atoms with E-state index in [2.05, 4.69) is 15.9 Å². The number of aliphatic hydroxyl groups is 1. The molecule has 1 unspecified atom stereocenters. The van der Waals surface area contributed by atoms with Crippen LogP contribution in [0.5, 0.6) is 0 Å². The molecule has 0 saturated heterocycles. The normalized spacial score (nSPS) is 19.6. The van der Waals surface area contributed by atoms with Crippen molar-refractivity contribution < 1.29 is 14.3 Å². The Labute approximate surface area is 103 Å². The summed E-state index contributed by atoms with van der Waals surface area (Å²) in [6.45, 7) is 0. The van der Waals surface area contributed by atoms with Gasteiger partial charge in [-0.3, -0.25) is 4.79 Å². The van der Waals surface area contributed by atoms with Gasteiger partial charge in [-0.2, -0.15) is 0 Å². The molecule has 1 fully saturated rings. The summed E-state index contributed by atoms with van der Waals surface area (Å²) in [5, 5.41) is 10.0. The fourth-order valence-corrected chi connectivity index (χ4v) is 2.66. The van der Waals surface area contributed by atoms with Crippen LogP contribution in [0.15, 0.2) is 21.2 Å². The third kappa shape index (κ3) is 2.38. The van der Waals surface area contributed by atoms with E-state index in [1.165, 1.54) is 12.7 Å². The van der Waals surface area contributed by atoms with Gasteiger partial charge in [0.1, 0.15) is 6.10 Å². The minimum absolute atomic E-state index is 0.0956. The Morgan fingerprint density at radius 3 is 2.69 bits per heavy atom. The molecule has 1 aliphatic carbocycles. The molecular formula is C12H15BrO3. The van der Waals surface area contributed by atoms with Gasteiger partial charge in [0, 0.05) is 0 Å². The van der Waals surface area contributed by atoms with Crippen molar-refractivity contribution in [3.05, 3.63) is 22.6 Å². The van der Waals surface area contributed by atoms with Crippen LogP contribution in [-0.2, 0) is 0 Å². The molecule has 1 aliphatic rings. The van der Waals surface area contributed by atoms with E-state index in [4.69, 9.17) is 4.42 Å². The van der Waals surface area contributed by atoms with Gasteiger partial charge in [0.25, 0.3) is 0 Å². The predicted octanol–water partition coefficient (Wildman–Crippen LogP) is 3.17. The molecule has 2 rings (SSSR count). The molecule has 88 valence electrons. The van der Waals surface area contributed by atoms with Gasteiger partial charge in [-0.25, -0.2) is 0 Å². The van der Waals surface area contributed by atoms with Gasteiger partial charge >= 0.3 is 0 Å². The zero-order valence-electron chi connectivity index (χ0n) is 8.99. The molecule has 0 spiro atoms. The first-order valence-corrected chi connectivity index (χ1v) is 6.44. The summed E-state index contributed by atoms with van der Waals surface area (Å²) in [6.07, 6.45) is 5.83. The summed E-state index contributed by atoms with van der Waals surface area (Å²) in [5.41, 5.74) is 0. The molecule has 1 aromatic heterocycles. The first kappa shape index (κ1) is 11.9. The lowest BCUT2D eigenvalue weighted by Crippen LogP contribution is -2.31. The number of rotatable bonds is 3. The highest BCUT2D eigenvalue weighted by Gasteiger charge is 2.30. The van der Waals surface area contributed by atoms with Crippen LogP contribution in [0.3, 0.4) is 0 Å². The van der Waals surface area contributed by atoms with E-state index in [1.54, 1.807) is 6.07 Å². The maximum atomic E-state index is 12.0. The van der Waals surface area contributed by atoms with Crippen molar-refractivity contribution in [2.24, 2.45) is 5.92 Å². The number of aliphatic hydroxyl groups excluding tert-OH is 1. The minimum atomic E-state index is -0.914. The van der Waals surface area contributed by atoms with E-state index in [0.717, 1.165) is 25.7 Å². The quantitative estimate of drug-likeness (QED) is 0.869. The molecule has 0 aromatic carbocycles. The molecule has 0 aliphatic heterocycles. The Morgan fingerprint density at radius 2 is 2.12 bits per heavy atom. The predicted molar refractivity (Wildman–Crippen MR) is 63.3 cm³/mol. The fraction of sp³-hybridized carbons (Fsp3) is 0.583. The average Bonchev–Trinajstić information content (AvgIpc) is 2.75. The molecule has 0 amide bonds. The molecule has 1 N–H and O–H groups in total. The number of ketones is 1. The van der Waals surface area contributed by atoms with Crippen LogP contribution in [-0.4, -0.2) is 17.0 Å². The Morgan fingerprint density at radius 1 is 1.44 bits per heavy atom.